The molecule has 0 radical (unpaired) electrons. The molecule has 0 aliphatic rings. The van der Waals surface area contributed by atoms with Gasteiger partial charge in [-0.15, -0.1) is 0 Å². The van der Waals surface area contributed by atoms with Crippen molar-refractivity contribution in [2.24, 2.45) is 0 Å². The zero-order valence-corrected chi connectivity index (χ0v) is 12.1. The standard InChI is InChI=1S/C16H17N3O3/c20-15(21)7-4-10-19(12-13-5-2-1-3-6-13)16(22)14-11-17-8-9-18-14/h1-3,5-6,8-9,11H,4,7,10,12H2,(H,20,21). The van der Waals surface area contributed by atoms with Crippen LogP contribution in [0.1, 0.15) is 28.9 Å². The largest absolute Gasteiger partial charge is 0.481 e. The van der Waals surface area contributed by atoms with Crippen molar-refractivity contribution in [2.45, 2.75) is 19.4 Å². The molecule has 6 nitrogen and oxygen atoms in total. The first-order valence-electron chi connectivity index (χ1n) is 6.98. The number of benzene rings is 1. The topological polar surface area (TPSA) is 83.4 Å². The minimum Gasteiger partial charge on any atom is -0.481 e. The maximum atomic E-state index is 12.5. The predicted octanol–water partition coefficient (Wildman–Crippen LogP) is 1.98. The van der Waals surface area contributed by atoms with Gasteiger partial charge in [0.1, 0.15) is 5.69 Å². The molecule has 0 aliphatic carbocycles. The van der Waals surface area contributed by atoms with Gasteiger partial charge in [-0.05, 0) is 12.0 Å². The number of carbonyl (C=O) groups is 2. The maximum absolute atomic E-state index is 12.5. The van der Waals surface area contributed by atoms with E-state index < -0.39 is 5.97 Å². The Labute approximate surface area is 128 Å². The zero-order valence-electron chi connectivity index (χ0n) is 12.1. The molecular weight excluding hydrogens is 282 g/mol. The van der Waals surface area contributed by atoms with Crippen molar-refractivity contribution in [3.63, 3.8) is 0 Å². The highest BCUT2D eigenvalue weighted by atomic mass is 16.4. The Kier molecular flexibility index (Phi) is 5.59. The number of aromatic nitrogens is 2. The summed E-state index contributed by atoms with van der Waals surface area (Å²) in [5.41, 5.74) is 1.24. The minimum atomic E-state index is -0.869. The van der Waals surface area contributed by atoms with E-state index in [1.54, 1.807) is 4.90 Å². The summed E-state index contributed by atoms with van der Waals surface area (Å²) in [6.07, 6.45) is 4.80. The monoisotopic (exact) mass is 299 g/mol. The Hall–Kier alpha value is -2.76. The van der Waals surface area contributed by atoms with Crippen LogP contribution in [0, 0.1) is 0 Å². The van der Waals surface area contributed by atoms with E-state index in [2.05, 4.69) is 9.97 Å². The van der Waals surface area contributed by atoms with Crippen molar-refractivity contribution >= 4 is 11.9 Å². The fourth-order valence-corrected chi connectivity index (χ4v) is 2.05. The van der Waals surface area contributed by atoms with E-state index in [0.717, 1.165) is 5.56 Å². The fraction of sp³-hybridized carbons (Fsp3) is 0.250. The Balaban J connectivity index is 2.10. The average molecular weight is 299 g/mol. The van der Waals surface area contributed by atoms with Crippen LogP contribution in [0.2, 0.25) is 0 Å². The number of carbonyl (C=O) groups excluding carboxylic acids is 1. The molecule has 1 heterocycles. The van der Waals surface area contributed by atoms with Crippen LogP contribution in [-0.2, 0) is 11.3 Å². The third kappa shape index (κ3) is 4.66. The summed E-state index contributed by atoms with van der Waals surface area (Å²) in [5.74, 6) is -1.12. The third-order valence-corrected chi connectivity index (χ3v) is 3.10. The normalized spacial score (nSPS) is 10.2. The molecule has 6 heteroatoms. The van der Waals surface area contributed by atoms with E-state index in [9.17, 15) is 9.59 Å². The SMILES string of the molecule is O=C(O)CCCN(Cc1ccccc1)C(=O)c1cnccn1. The first-order valence-corrected chi connectivity index (χ1v) is 6.98. The minimum absolute atomic E-state index is 0.0268. The van der Waals surface area contributed by atoms with Crippen LogP contribution in [0.25, 0.3) is 0 Å². The lowest BCUT2D eigenvalue weighted by atomic mass is 10.2. The van der Waals surface area contributed by atoms with E-state index >= 15 is 0 Å². The number of amides is 1. The number of nitrogens with zero attached hydrogens (tertiary/aromatic N) is 3. The molecule has 0 bridgehead atoms. The van der Waals surface area contributed by atoms with Crippen molar-refractivity contribution < 1.29 is 14.7 Å². The number of hydrogen-bond acceptors (Lipinski definition) is 4. The van der Waals surface area contributed by atoms with Crippen molar-refractivity contribution in [2.75, 3.05) is 6.54 Å². The highest BCUT2D eigenvalue weighted by Gasteiger charge is 2.17. The summed E-state index contributed by atoms with van der Waals surface area (Å²) in [6.45, 7) is 0.770. The van der Waals surface area contributed by atoms with Crippen molar-refractivity contribution in [3.05, 3.63) is 60.2 Å². The van der Waals surface area contributed by atoms with Crippen LogP contribution in [0.5, 0.6) is 0 Å². The summed E-state index contributed by atoms with van der Waals surface area (Å²) in [6, 6.07) is 9.56. The van der Waals surface area contributed by atoms with Crippen LogP contribution in [0.4, 0.5) is 0 Å². The molecule has 0 unspecified atom stereocenters. The number of carboxylic acids is 1. The second-order valence-corrected chi connectivity index (χ2v) is 4.80. The van der Waals surface area contributed by atoms with Crippen LogP contribution < -0.4 is 0 Å². The van der Waals surface area contributed by atoms with Gasteiger partial charge >= 0.3 is 5.97 Å². The molecule has 0 spiro atoms. The van der Waals surface area contributed by atoms with Gasteiger partial charge in [0.25, 0.3) is 5.91 Å². The molecule has 22 heavy (non-hydrogen) atoms. The summed E-state index contributed by atoms with van der Waals surface area (Å²) in [5, 5.41) is 8.75. The molecule has 2 rings (SSSR count). The van der Waals surface area contributed by atoms with Crippen LogP contribution in [0.15, 0.2) is 48.9 Å². The summed E-state index contributed by atoms with van der Waals surface area (Å²) >= 11 is 0. The molecule has 0 fully saturated rings. The molecule has 1 aromatic carbocycles. The van der Waals surface area contributed by atoms with Gasteiger partial charge in [-0.2, -0.15) is 0 Å². The Morgan fingerprint density at radius 2 is 1.91 bits per heavy atom. The van der Waals surface area contributed by atoms with E-state index in [1.807, 2.05) is 30.3 Å². The molecule has 1 N–H and O–H groups in total. The molecule has 0 saturated heterocycles. The van der Waals surface area contributed by atoms with Gasteiger partial charge in [0, 0.05) is 31.9 Å². The summed E-state index contributed by atoms with van der Waals surface area (Å²) in [4.78, 5) is 32.7. The first kappa shape index (κ1) is 15.6. The van der Waals surface area contributed by atoms with Gasteiger partial charge < -0.3 is 10.0 Å². The lowest BCUT2D eigenvalue weighted by Gasteiger charge is -2.22. The highest BCUT2D eigenvalue weighted by Crippen LogP contribution is 2.09. The van der Waals surface area contributed by atoms with Gasteiger partial charge in [-0.3, -0.25) is 14.6 Å². The average Bonchev–Trinajstić information content (AvgIpc) is 2.55. The summed E-state index contributed by atoms with van der Waals surface area (Å²) in [7, 11) is 0. The molecule has 114 valence electrons. The molecule has 1 amide bonds. The van der Waals surface area contributed by atoms with Gasteiger partial charge in [0.15, 0.2) is 0 Å². The van der Waals surface area contributed by atoms with Crippen LogP contribution in [0.3, 0.4) is 0 Å². The Morgan fingerprint density at radius 1 is 1.14 bits per heavy atom. The number of hydrogen-bond donors (Lipinski definition) is 1. The van der Waals surface area contributed by atoms with Crippen molar-refractivity contribution in [1.82, 2.24) is 14.9 Å². The number of aliphatic carboxylic acids is 1. The highest BCUT2D eigenvalue weighted by molar-refractivity contribution is 5.91. The van der Waals surface area contributed by atoms with Gasteiger partial charge in [-0.25, -0.2) is 4.98 Å². The fourth-order valence-electron chi connectivity index (χ4n) is 2.05. The Morgan fingerprint density at radius 3 is 2.55 bits per heavy atom. The van der Waals surface area contributed by atoms with Gasteiger partial charge in [0.05, 0.1) is 6.20 Å². The molecule has 2 aromatic rings. The lowest BCUT2D eigenvalue weighted by molar-refractivity contribution is -0.137. The summed E-state index contributed by atoms with van der Waals surface area (Å²) < 4.78 is 0. The molecule has 0 atom stereocenters. The second kappa shape index (κ2) is 7.87. The van der Waals surface area contributed by atoms with E-state index in [4.69, 9.17) is 5.11 Å². The third-order valence-electron chi connectivity index (χ3n) is 3.10. The Bertz CT molecular complexity index is 617. The van der Waals surface area contributed by atoms with Gasteiger partial charge in [0.2, 0.25) is 0 Å². The number of rotatable bonds is 7. The molecular formula is C16H17N3O3. The molecule has 0 aliphatic heterocycles. The van der Waals surface area contributed by atoms with Crippen molar-refractivity contribution in [3.8, 4) is 0 Å². The molecule has 1 aromatic heterocycles. The number of carboxylic acid groups (broad SMARTS) is 1. The van der Waals surface area contributed by atoms with E-state index in [-0.39, 0.29) is 18.0 Å². The molecule has 0 saturated carbocycles. The maximum Gasteiger partial charge on any atom is 0.303 e. The van der Waals surface area contributed by atoms with Crippen LogP contribution >= 0.6 is 0 Å². The lowest BCUT2D eigenvalue weighted by Crippen LogP contribution is -2.32. The van der Waals surface area contributed by atoms with Crippen molar-refractivity contribution in [1.29, 1.82) is 0 Å². The second-order valence-electron chi connectivity index (χ2n) is 4.80. The quantitative estimate of drug-likeness (QED) is 0.845. The predicted molar refractivity (Wildman–Crippen MR) is 80.1 cm³/mol. The van der Waals surface area contributed by atoms with Crippen LogP contribution in [-0.4, -0.2) is 38.4 Å². The smallest absolute Gasteiger partial charge is 0.303 e. The van der Waals surface area contributed by atoms with Gasteiger partial charge in [-0.1, -0.05) is 30.3 Å². The van der Waals surface area contributed by atoms with E-state index in [1.165, 1.54) is 18.6 Å². The van der Waals surface area contributed by atoms with E-state index in [0.29, 0.717) is 19.5 Å². The first-order chi connectivity index (χ1) is 10.7. The zero-order chi connectivity index (χ0) is 15.8.